The summed E-state index contributed by atoms with van der Waals surface area (Å²) in [4.78, 5) is 46.8. The number of hydrogen-bond donors (Lipinski definition) is 2. The van der Waals surface area contributed by atoms with Crippen molar-refractivity contribution in [2.45, 2.75) is 184 Å². The smallest absolute Gasteiger partial charge is 0.223 e. The molecule has 0 fully saturated rings. The van der Waals surface area contributed by atoms with Gasteiger partial charge in [0.2, 0.25) is 11.8 Å². The van der Waals surface area contributed by atoms with Crippen LogP contribution < -0.4 is 10.6 Å². The number of amides is 2. The lowest BCUT2D eigenvalue weighted by atomic mass is 10.0. The first kappa shape index (κ1) is 64.5. The van der Waals surface area contributed by atoms with Crippen LogP contribution in [0.1, 0.15) is 178 Å². The molecule has 15 heteroatoms. The van der Waals surface area contributed by atoms with E-state index >= 15 is 0 Å². The summed E-state index contributed by atoms with van der Waals surface area (Å²) < 4.78 is 0. The summed E-state index contributed by atoms with van der Waals surface area (Å²) in [7, 11) is 9.12. The van der Waals surface area contributed by atoms with E-state index in [4.69, 9.17) is 0 Å². The van der Waals surface area contributed by atoms with Crippen LogP contribution in [-0.2, 0) is 94.8 Å². The van der Waals surface area contributed by atoms with E-state index in [2.05, 4.69) is 81.1 Å². The normalized spacial score (nSPS) is 10.9. The Balaban J connectivity index is -0.000000379. The number of thioether (sulfide) groups is 1. The minimum atomic E-state index is 0.0491. The maximum Gasteiger partial charge on any atom is 0.223 e. The van der Waals surface area contributed by atoms with E-state index in [0.717, 1.165) is 56.9 Å². The first-order valence-corrected chi connectivity index (χ1v) is 31.7. The van der Waals surface area contributed by atoms with Gasteiger partial charge in [0.1, 0.15) is 11.6 Å². The van der Waals surface area contributed by atoms with Crippen molar-refractivity contribution in [1.82, 2.24) is 10.6 Å². The number of unbranched alkanes of at least 4 members (excludes halogenated alkanes) is 6. The predicted octanol–water partition coefficient (Wildman–Crippen LogP) is 11.5. The first-order chi connectivity index (χ1) is 27.6. The molecule has 58 heavy (non-hydrogen) atoms. The lowest BCUT2D eigenvalue weighted by molar-refractivity contribution is -0.123. The van der Waals surface area contributed by atoms with Crippen molar-refractivity contribution in [3.63, 3.8) is 0 Å². The summed E-state index contributed by atoms with van der Waals surface area (Å²) in [6, 6.07) is 0. The van der Waals surface area contributed by atoms with Crippen LogP contribution in [0.5, 0.6) is 0 Å². The Morgan fingerprint density at radius 1 is 0.603 bits per heavy atom. The van der Waals surface area contributed by atoms with Gasteiger partial charge >= 0.3 is 0 Å². The van der Waals surface area contributed by atoms with Gasteiger partial charge in [0.25, 0.3) is 0 Å². The van der Waals surface area contributed by atoms with E-state index in [1.165, 1.54) is 69.1 Å². The average Bonchev–Trinajstić information content (AvgIpc) is 3.18. The largest absolute Gasteiger partial charge is 0.356 e. The highest BCUT2D eigenvalue weighted by molar-refractivity contribution is 8.70. The van der Waals surface area contributed by atoms with Crippen LogP contribution in [0.3, 0.4) is 0 Å². The number of carbonyl (C=O) groups is 4. The van der Waals surface area contributed by atoms with Crippen LogP contribution in [0, 0.1) is 23.7 Å². The molecule has 0 radical (unpaired) electrons. The maximum absolute atomic E-state index is 11.9. The second-order valence-electron chi connectivity index (χ2n) is 15.4. The Morgan fingerprint density at radius 3 is 1.62 bits per heavy atom. The van der Waals surface area contributed by atoms with Crippen LogP contribution in [0.2, 0.25) is 0 Å². The Kier molecular flexibility index (Phi) is 57.0. The molecule has 0 spiro atoms. The van der Waals surface area contributed by atoms with E-state index in [-0.39, 0.29) is 34.7 Å². The van der Waals surface area contributed by atoms with E-state index in [1.807, 2.05) is 45.5 Å². The summed E-state index contributed by atoms with van der Waals surface area (Å²) in [5, 5.41) is 6.21. The molecule has 0 aliphatic rings. The van der Waals surface area contributed by atoms with Gasteiger partial charge in [-0.05, 0) is 56.1 Å². The molecule has 0 saturated heterocycles. The molecule has 6 nitrogen and oxygen atoms in total. The van der Waals surface area contributed by atoms with E-state index in [9.17, 15) is 19.2 Å². The Bertz CT molecular complexity index is 1300. The molecule has 0 aliphatic heterocycles. The molecule has 2 N–H and O–H groups in total. The van der Waals surface area contributed by atoms with Crippen LogP contribution in [0.4, 0.5) is 0 Å². The van der Waals surface area contributed by atoms with Crippen molar-refractivity contribution >= 4 is 111 Å². The van der Waals surface area contributed by atoms with E-state index < -0.39 is 0 Å². The quantitative estimate of drug-likeness (QED) is 0.0570. The average molecular weight is 980 g/mol. The molecule has 0 aromatic heterocycles. The number of nitrogens with one attached hydrogen (secondary N) is 2. The van der Waals surface area contributed by atoms with Gasteiger partial charge in [-0.3, -0.25) is 19.2 Å². The van der Waals surface area contributed by atoms with Crippen molar-refractivity contribution < 1.29 is 19.2 Å². The second kappa shape index (κ2) is 51.2. The second-order valence-corrected chi connectivity index (χ2v) is 27.4. The summed E-state index contributed by atoms with van der Waals surface area (Å²) in [6.45, 7) is 26.1. The van der Waals surface area contributed by atoms with Gasteiger partial charge in [-0.2, -0.15) is 11.8 Å². The zero-order chi connectivity index (χ0) is 44.8. The third-order valence-corrected chi connectivity index (χ3v) is 20.8. The molecule has 1 unspecified atom stereocenters. The summed E-state index contributed by atoms with van der Waals surface area (Å²) in [5.74, 6) is 3.42. The fourth-order valence-electron chi connectivity index (χ4n) is 4.63. The van der Waals surface area contributed by atoms with Gasteiger partial charge in [-0.25, -0.2) is 0 Å². The molecule has 0 bridgehead atoms. The fourth-order valence-corrected chi connectivity index (χ4v) is 16.7. The zero-order valence-corrected chi connectivity index (χ0v) is 45.1. The fraction of sp³-hybridized carbons (Fsp3) is 0.814. The zero-order valence-electron chi connectivity index (χ0n) is 37.8. The summed E-state index contributed by atoms with van der Waals surface area (Å²) in [5.41, 5.74) is 0. The highest BCUT2D eigenvalue weighted by Crippen LogP contribution is 2.22. The van der Waals surface area contributed by atoms with E-state index in [1.54, 1.807) is 47.7 Å². The van der Waals surface area contributed by atoms with Gasteiger partial charge < -0.3 is 10.6 Å². The van der Waals surface area contributed by atoms with Crippen LogP contribution in [0.25, 0.3) is 0 Å². The third kappa shape index (κ3) is 58.0. The minimum Gasteiger partial charge on any atom is -0.356 e. The molecule has 1 atom stereocenters. The van der Waals surface area contributed by atoms with Crippen LogP contribution >= 0.6 is 11.8 Å². The molecule has 0 saturated carbocycles. The highest BCUT2D eigenvalue weighted by atomic mass is 33.4. The number of rotatable bonds is 29. The summed E-state index contributed by atoms with van der Waals surface area (Å²) in [6.07, 6.45) is 22.8. The van der Waals surface area contributed by atoms with Crippen LogP contribution in [0.15, 0.2) is 24.8 Å². The lowest BCUT2D eigenvalue weighted by Gasteiger charge is -2.16. The molecule has 0 aromatic carbocycles. The Morgan fingerprint density at radius 2 is 1.12 bits per heavy atom. The van der Waals surface area contributed by atoms with Crippen LogP contribution in [-0.4, -0.2) is 47.5 Å². The highest BCUT2D eigenvalue weighted by Gasteiger charge is 2.17. The third-order valence-electron chi connectivity index (χ3n) is 8.22. The van der Waals surface area contributed by atoms with Gasteiger partial charge in [-0.1, -0.05) is 132 Å². The lowest BCUT2D eigenvalue weighted by Crippen LogP contribution is -2.26. The maximum atomic E-state index is 11.9. The van der Waals surface area contributed by atoms with Crippen molar-refractivity contribution in [1.29, 1.82) is 0 Å². The molecule has 0 heterocycles. The minimum absolute atomic E-state index is 0.0491. The Hall–Kier alpha value is -0.130. The van der Waals surface area contributed by atoms with Gasteiger partial charge in [-0.15, -0.1) is 6.58 Å². The van der Waals surface area contributed by atoms with Crippen molar-refractivity contribution in [3.8, 4) is 0 Å². The number of ketones is 2. The first-order valence-electron chi connectivity index (χ1n) is 21.3. The molecular weight excluding hydrogens is 897 g/mol. The van der Waals surface area contributed by atoms with Crippen molar-refractivity contribution in [2.24, 2.45) is 23.7 Å². The Labute approximate surface area is 388 Å². The molecule has 2 amide bonds. The van der Waals surface area contributed by atoms with Crippen molar-refractivity contribution in [3.05, 3.63) is 24.8 Å². The molecule has 342 valence electrons. The SMILES string of the molecule is C=CCCCC.CC(C)CCCCCCCNC(=O)C/C=C/CC(=O)C(C)C.CCCSC(CCC(=O)NCCCC(C)C)CC(=O)C(C)C.S=S=S=S=S=S=S=S. The number of allylic oxidation sites excluding steroid dienone is 2. The van der Waals surface area contributed by atoms with Crippen molar-refractivity contribution in [2.75, 3.05) is 18.8 Å². The molecule has 0 rings (SSSR count). The number of Topliss-reactive ketones (excluding diaryl/α,β-unsaturated/α-hetero) is 2. The van der Waals surface area contributed by atoms with Gasteiger partial charge in [0.15, 0.2) is 0 Å². The monoisotopic (exact) mass is 978 g/mol. The van der Waals surface area contributed by atoms with Gasteiger partial charge in [0, 0.05) is 132 Å². The number of hydrogen-bond acceptors (Lipinski definition) is 7. The standard InChI is InChI=1S/C19H35NO2.C18H35NO2S.C6H12.S8/c1-16(2)12-8-6-5-7-11-15-20-19(22)14-10-9-13-18(21)17(3)4;1-6-12-22-16(13-17(20)15(4)5)9-10-18(21)19-11-7-8-14(2)3;1-3-5-6-4-2;1-3-5-7-8-6-4-2/h9-10,16-17H,5-8,11-15H2,1-4H3,(H,20,22);14-16H,6-13H2,1-5H3,(H,19,21);3H,1,4-6H2,2H3;/b10-9+;;;. The molecule has 0 aliphatic carbocycles. The molecule has 0 aromatic rings. The van der Waals surface area contributed by atoms with Gasteiger partial charge in [0.05, 0.1) is 0 Å². The van der Waals surface area contributed by atoms with E-state index in [0.29, 0.717) is 37.4 Å². The number of carbonyl (C=O) groups excluding carboxylic acids is 4. The topological polar surface area (TPSA) is 92.3 Å². The summed E-state index contributed by atoms with van der Waals surface area (Å²) >= 11 is 11.1. The predicted molar refractivity (Wildman–Crippen MR) is 280 cm³/mol. The molecular formula is C43H82N2O4S9.